The molecule has 1 aromatic carbocycles. The van der Waals surface area contributed by atoms with Crippen LogP contribution in [0.4, 0.5) is 4.39 Å². The third kappa shape index (κ3) is 3.21. The molecule has 1 aliphatic rings. The Morgan fingerprint density at radius 1 is 1.26 bits per heavy atom. The van der Waals surface area contributed by atoms with Gasteiger partial charge in [-0.15, -0.1) is 0 Å². The zero-order chi connectivity index (χ0) is 17.4. The fourth-order valence-electron chi connectivity index (χ4n) is 2.36. The quantitative estimate of drug-likeness (QED) is 0.895. The number of alkyl halides is 1. The Labute approximate surface area is 133 Å². The van der Waals surface area contributed by atoms with Crippen molar-refractivity contribution in [3.8, 4) is 0 Å². The summed E-state index contributed by atoms with van der Waals surface area (Å²) in [4.78, 5) is 24.4. The summed E-state index contributed by atoms with van der Waals surface area (Å²) in [6.07, 6.45) is -0.256. The van der Waals surface area contributed by atoms with Crippen LogP contribution in [0.3, 0.4) is 0 Å². The SMILES string of the molecule is CC(C)S(=O)(=O)c1ccc(C(=O)N2CCC(F)(C(=O)O)C2)cc1. The third-order valence-electron chi connectivity index (χ3n) is 3.94. The van der Waals surface area contributed by atoms with E-state index < -0.39 is 39.2 Å². The number of hydrogen-bond donors (Lipinski definition) is 1. The molecule has 0 radical (unpaired) electrons. The van der Waals surface area contributed by atoms with E-state index in [9.17, 15) is 22.4 Å². The predicted molar refractivity (Wildman–Crippen MR) is 80.8 cm³/mol. The Hall–Kier alpha value is -1.96. The van der Waals surface area contributed by atoms with Crippen LogP contribution in [0.1, 0.15) is 30.6 Å². The molecule has 1 heterocycles. The van der Waals surface area contributed by atoms with Crippen LogP contribution in [0.5, 0.6) is 0 Å². The van der Waals surface area contributed by atoms with Crippen molar-refractivity contribution in [3.05, 3.63) is 29.8 Å². The second-order valence-corrected chi connectivity index (χ2v) is 8.37. The van der Waals surface area contributed by atoms with Gasteiger partial charge in [0, 0.05) is 18.5 Å². The van der Waals surface area contributed by atoms with Crippen LogP contribution in [-0.4, -0.2) is 54.3 Å². The molecule has 0 aromatic heterocycles. The number of carbonyl (C=O) groups excluding carboxylic acids is 1. The molecule has 1 aromatic rings. The van der Waals surface area contributed by atoms with E-state index >= 15 is 0 Å². The van der Waals surface area contributed by atoms with Gasteiger partial charge in [-0.25, -0.2) is 17.6 Å². The lowest BCUT2D eigenvalue weighted by Gasteiger charge is -2.18. The van der Waals surface area contributed by atoms with E-state index in [0.29, 0.717) is 0 Å². The molecule has 0 aliphatic carbocycles. The third-order valence-corrected chi connectivity index (χ3v) is 6.11. The monoisotopic (exact) mass is 343 g/mol. The highest BCUT2D eigenvalue weighted by Gasteiger charge is 2.47. The number of benzene rings is 1. The molecule has 126 valence electrons. The maximum atomic E-state index is 14.0. The van der Waals surface area contributed by atoms with Gasteiger partial charge in [0.05, 0.1) is 16.7 Å². The van der Waals surface area contributed by atoms with Crippen LogP contribution >= 0.6 is 0 Å². The molecular weight excluding hydrogens is 325 g/mol. The van der Waals surface area contributed by atoms with Crippen molar-refractivity contribution in [3.63, 3.8) is 0 Å². The summed E-state index contributed by atoms with van der Waals surface area (Å²) in [5.41, 5.74) is -2.22. The maximum Gasteiger partial charge on any atom is 0.343 e. The van der Waals surface area contributed by atoms with Gasteiger partial charge >= 0.3 is 5.97 Å². The average Bonchev–Trinajstić information content (AvgIpc) is 2.90. The maximum absolute atomic E-state index is 14.0. The number of halogens is 1. The van der Waals surface area contributed by atoms with Crippen molar-refractivity contribution in [2.75, 3.05) is 13.1 Å². The van der Waals surface area contributed by atoms with Gasteiger partial charge in [-0.1, -0.05) is 0 Å². The zero-order valence-corrected chi connectivity index (χ0v) is 13.6. The lowest BCUT2D eigenvalue weighted by molar-refractivity contribution is -0.149. The van der Waals surface area contributed by atoms with Gasteiger partial charge in [-0.2, -0.15) is 0 Å². The van der Waals surface area contributed by atoms with E-state index in [1.54, 1.807) is 13.8 Å². The van der Waals surface area contributed by atoms with Crippen LogP contribution in [0.15, 0.2) is 29.2 Å². The molecule has 0 bridgehead atoms. The highest BCUT2D eigenvalue weighted by molar-refractivity contribution is 7.92. The summed E-state index contributed by atoms with van der Waals surface area (Å²) in [6, 6.07) is 5.38. The molecule has 8 heteroatoms. The largest absolute Gasteiger partial charge is 0.479 e. The summed E-state index contributed by atoms with van der Waals surface area (Å²) < 4.78 is 38.0. The zero-order valence-electron chi connectivity index (χ0n) is 12.8. The first kappa shape index (κ1) is 17.4. The summed E-state index contributed by atoms with van der Waals surface area (Å²) in [5.74, 6) is -2.09. The van der Waals surface area contributed by atoms with Crippen molar-refractivity contribution in [2.24, 2.45) is 0 Å². The van der Waals surface area contributed by atoms with Crippen LogP contribution in [0, 0.1) is 0 Å². The molecule has 0 spiro atoms. The molecule has 1 unspecified atom stereocenters. The Morgan fingerprint density at radius 2 is 1.83 bits per heavy atom. The van der Waals surface area contributed by atoms with Crippen molar-refractivity contribution in [1.82, 2.24) is 4.90 Å². The Morgan fingerprint density at radius 3 is 2.26 bits per heavy atom. The molecule has 1 amide bonds. The van der Waals surface area contributed by atoms with Crippen molar-refractivity contribution >= 4 is 21.7 Å². The molecule has 23 heavy (non-hydrogen) atoms. The van der Waals surface area contributed by atoms with Gasteiger partial charge in [0.25, 0.3) is 5.91 Å². The molecule has 0 saturated carbocycles. The molecule has 1 fully saturated rings. The molecule has 2 rings (SSSR count). The first-order valence-electron chi connectivity index (χ1n) is 7.13. The van der Waals surface area contributed by atoms with Crippen LogP contribution < -0.4 is 0 Å². The van der Waals surface area contributed by atoms with Gasteiger partial charge in [0.1, 0.15) is 0 Å². The lowest BCUT2D eigenvalue weighted by atomic mass is 10.1. The number of carbonyl (C=O) groups is 2. The van der Waals surface area contributed by atoms with E-state index in [1.807, 2.05) is 0 Å². The second kappa shape index (κ2) is 5.92. The number of carboxylic acids is 1. The number of rotatable bonds is 4. The van der Waals surface area contributed by atoms with Crippen LogP contribution in [0.25, 0.3) is 0 Å². The summed E-state index contributed by atoms with van der Waals surface area (Å²) in [7, 11) is -3.43. The minimum Gasteiger partial charge on any atom is -0.479 e. The lowest BCUT2D eigenvalue weighted by Crippen LogP contribution is -2.38. The van der Waals surface area contributed by atoms with Gasteiger partial charge in [-0.05, 0) is 38.1 Å². The van der Waals surface area contributed by atoms with E-state index in [2.05, 4.69) is 0 Å². The molecule has 1 aliphatic heterocycles. The number of sulfone groups is 1. The highest BCUT2D eigenvalue weighted by Crippen LogP contribution is 2.27. The topological polar surface area (TPSA) is 91.8 Å². The average molecular weight is 343 g/mol. The molecule has 6 nitrogen and oxygen atoms in total. The van der Waals surface area contributed by atoms with Crippen molar-refractivity contribution < 1.29 is 27.5 Å². The number of aliphatic carboxylic acids is 1. The van der Waals surface area contributed by atoms with Crippen LogP contribution in [0.2, 0.25) is 0 Å². The summed E-state index contributed by atoms with van der Waals surface area (Å²) in [6.45, 7) is 2.62. The predicted octanol–water partition coefficient (Wildman–Crippen LogP) is 1.51. The highest BCUT2D eigenvalue weighted by atomic mass is 32.2. The van der Waals surface area contributed by atoms with E-state index in [-0.39, 0.29) is 23.4 Å². The van der Waals surface area contributed by atoms with E-state index in [4.69, 9.17) is 5.11 Å². The van der Waals surface area contributed by atoms with Crippen LogP contribution in [-0.2, 0) is 14.6 Å². The van der Waals surface area contributed by atoms with Gasteiger partial charge in [0.2, 0.25) is 5.67 Å². The first-order valence-corrected chi connectivity index (χ1v) is 8.68. The van der Waals surface area contributed by atoms with Gasteiger partial charge < -0.3 is 10.0 Å². The first-order chi connectivity index (χ1) is 10.6. The number of likely N-dealkylation sites (tertiary alicyclic amines) is 1. The Balaban J connectivity index is 2.18. The molecule has 1 atom stereocenters. The number of amides is 1. The van der Waals surface area contributed by atoms with Crippen molar-refractivity contribution in [2.45, 2.75) is 36.1 Å². The van der Waals surface area contributed by atoms with Gasteiger partial charge in [-0.3, -0.25) is 4.79 Å². The smallest absolute Gasteiger partial charge is 0.343 e. The van der Waals surface area contributed by atoms with E-state index in [0.717, 1.165) is 4.90 Å². The fourth-order valence-corrected chi connectivity index (χ4v) is 3.42. The normalized spacial score (nSPS) is 21.7. The molecule has 1 N–H and O–H groups in total. The van der Waals surface area contributed by atoms with Crippen molar-refractivity contribution in [1.29, 1.82) is 0 Å². The Kier molecular flexibility index (Phi) is 4.48. The second-order valence-electron chi connectivity index (χ2n) is 5.87. The van der Waals surface area contributed by atoms with Gasteiger partial charge in [0.15, 0.2) is 9.84 Å². The fraction of sp³-hybridized carbons (Fsp3) is 0.467. The Bertz CT molecular complexity index is 729. The number of hydrogen-bond acceptors (Lipinski definition) is 4. The molecule has 1 saturated heterocycles. The minimum absolute atomic E-state index is 0.00762. The summed E-state index contributed by atoms with van der Waals surface area (Å²) in [5, 5.41) is 8.26. The van der Waals surface area contributed by atoms with E-state index in [1.165, 1.54) is 24.3 Å². The number of carboxylic acid groups (broad SMARTS) is 1. The standard InChI is InChI=1S/C15H18FNO5S/c1-10(2)23(21,22)12-5-3-11(4-6-12)13(18)17-8-7-15(16,9-17)14(19)20/h3-6,10H,7-9H2,1-2H3,(H,19,20). The minimum atomic E-state index is -3.43. The molecular formula is C15H18FNO5S. The summed E-state index contributed by atoms with van der Waals surface area (Å²) >= 11 is 0. The number of nitrogens with zero attached hydrogens (tertiary/aromatic N) is 1.